The molecule has 0 N–H and O–H groups in total. The molecule has 0 aromatic heterocycles. The third-order valence-corrected chi connectivity index (χ3v) is 1.78. The van der Waals surface area contributed by atoms with Gasteiger partial charge in [-0.25, -0.2) is 0 Å². The SMILES string of the molecule is CC1[B]CC1C. The number of hydrogen-bond acceptors (Lipinski definition) is 0. The molecular weight excluding hydrogens is 70.9 g/mol. The minimum atomic E-state index is 0.907. The second kappa shape index (κ2) is 1.29. The zero-order valence-corrected chi connectivity index (χ0v) is 4.44. The molecule has 0 aromatic carbocycles. The Kier molecular flexibility index (Phi) is 0.907. The van der Waals surface area contributed by atoms with Crippen LogP contribution in [0.2, 0.25) is 12.1 Å². The summed E-state index contributed by atoms with van der Waals surface area (Å²) in [5.74, 6) is 1.88. The van der Waals surface area contributed by atoms with Crippen LogP contribution in [0, 0.1) is 5.92 Å². The van der Waals surface area contributed by atoms with Crippen molar-refractivity contribution in [3.8, 4) is 0 Å². The Labute approximate surface area is 40.2 Å². The summed E-state index contributed by atoms with van der Waals surface area (Å²) in [5.41, 5.74) is 0. The highest BCUT2D eigenvalue weighted by Crippen LogP contribution is 2.31. The largest absolute Gasteiger partial charge is 0.113 e. The van der Waals surface area contributed by atoms with Gasteiger partial charge in [0.2, 0.25) is 0 Å². The van der Waals surface area contributed by atoms with Gasteiger partial charge in [0.1, 0.15) is 7.28 Å². The van der Waals surface area contributed by atoms with Crippen molar-refractivity contribution in [3.63, 3.8) is 0 Å². The summed E-state index contributed by atoms with van der Waals surface area (Å²) in [4.78, 5) is 0. The van der Waals surface area contributed by atoms with Crippen LogP contribution in [0.25, 0.3) is 0 Å². The summed E-state index contributed by atoms with van der Waals surface area (Å²) < 4.78 is 0. The van der Waals surface area contributed by atoms with E-state index in [1.54, 1.807) is 0 Å². The van der Waals surface area contributed by atoms with Crippen molar-refractivity contribution in [1.29, 1.82) is 0 Å². The van der Waals surface area contributed by atoms with E-state index < -0.39 is 0 Å². The van der Waals surface area contributed by atoms with Crippen LogP contribution in [-0.4, -0.2) is 7.28 Å². The minimum absolute atomic E-state index is 0.907. The van der Waals surface area contributed by atoms with Gasteiger partial charge in [-0.2, -0.15) is 0 Å². The van der Waals surface area contributed by atoms with E-state index in [0.717, 1.165) is 11.7 Å². The predicted octanol–water partition coefficient (Wildman–Crippen LogP) is 1.57. The fourth-order valence-electron chi connectivity index (χ4n) is 0.680. The highest BCUT2D eigenvalue weighted by atomic mass is 14.1. The molecule has 0 aliphatic carbocycles. The van der Waals surface area contributed by atoms with Gasteiger partial charge in [0.05, 0.1) is 0 Å². The number of rotatable bonds is 0. The monoisotopic (exact) mass is 81.1 g/mol. The Hall–Kier alpha value is 0.0649. The maximum atomic E-state index is 2.37. The molecule has 0 spiro atoms. The summed E-state index contributed by atoms with van der Waals surface area (Å²) in [6, 6.07) is 0. The van der Waals surface area contributed by atoms with E-state index in [0.29, 0.717) is 0 Å². The van der Waals surface area contributed by atoms with Gasteiger partial charge in [0.25, 0.3) is 0 Å². The van der Waals surface area contributed by atoms with Crippen molar-refractivity contribution >= 4 is 7.28 Å². The van der Waals surface area contributed by atoms with Crippen molar-refractivity contribution in [2.24, 2.45) is 5.92 Å². The Bertz CT molecular complexity index is 43.9. The zero-order chi connectivity index (χ0) is 4.57. The lowest BCUT2D eigenvalue weighted by Crippen LogP contribution is -2.22. The first-order valence-electron chi connectivity index (χ1n) is 2.64. The Morgan fingerprint density at radius 2 is 2.00 bits per heavy atom. The molecule has 1 fully saturated rings. The quantitative estimate of drug-likeness (QED) is 0.388. The summed E-state index contributed by atoms with van der Waals surface area (Å²) >= 11 is 0. The molecule has 2 unspecified atom stereocenters. The van der Waals surface area contributed by atoms with Crippen LogP contribution < -0.4 is 0 Å². The topological polar surface area (TPSA) is 0 Å². The van der Waals surface area contributed by atoms with E-state index in [4.69, 9.17) is 0 Å². The van der Waals surface area contributed by atoms with Gasteiger partial charge in [0.15, 0.2) is 0 Å². The normalized spacial score (nSPS) is 43.7. The molecule has 2 atom stereocenters. The molecule has 1 heteroatoms. The second-order valence-corrected chi connectivity index (χ2v) is 2.31. The maximum absolute atomic E-state index is 2.37. The molecule has 6 heavy (non-hydrogen) atoms. The van der Waals surface area contributed by atoms with E-state index in [2.05, 4.69) is 21.1 Å². The van der Waals surface area contributed by atoms with Crippen molar-refractivity contribution in [3.05, 3.63) is 0 Å². The van der Waals surface area contributed by atoms with Crippen LogP contribution >= 0.6 is 0 Å². The molecule has 1 heterocycles. The van der Waals surface area contributed by atoms with E-state index in [1.807, 2.05) is 0 Å². The van der Waals surface area contributed by atoms with Crippen LogP contribution in [0.15, 0.2) is 0 Å². The molecule has 1 aliphatic rings. The summed E-state index contributed by atoms with van der Waals surface area (Å²) in [6.07, 6.45) is 1.35. The van der Waals surface area contributed by atoms with E-state index >= 15 is 0 Å². The molecule has 0 amide bonds. The lowest BCUT2D eigenvalue weighted by Gasteiger charge is -2.28. The Morgan fingerprint density at radius 3 is 2.00 bits per heavy atom. The molecule has 1 rings (SSSR count). The van der Waals surface area contributed by atoms with E-state index in [-0.39, 0.29) is 0 Å². The fraction of sp³-hybridized carbons (Fsp3) is 1.00. The molecule has 33 valence electrons. The number of hydrogen-bond donors (Lipinski definition) is 0. The standard InChI is InChI=1S/C5H10B/c1-4-3-6-5(4)2/h4-5H,3H2,1-2H3. The van der Waals surface area contributed by atoms with Crippen LogP contribution in [0.4, 0.5) is 0 Å². The first kappa shape index (κ1) is 4.23. The average Bonchev–Trinajstić information content (AvgIpc) is 1.61. The van der Waals surface area contributed by atoms with Gasteiger partial charge in [0, 0.05) is 0 Å². The minimum Gasteiger partial charge on any atom is -0.0779 e. The molecule has 1 aliphatic heterocycles. The summed E-state index contributed by atoms with van der Waals surface area (Å²) in [5, 5.41) is 0. The van der Waals surface area contributed by atoms with Crippen molar-refractivity contribution in [1.82, 2.24) is 0 Å². The van der Waals surface area contributed by atoms with Crippen LogP contribution in [0.3, 0.4) is 0 Å². The van der Waals surface area contributed by atoms with Crippen molar-refractivity contribution in [2.75, 3.05) is 0 Å². The molecule has 0 aromatic rings. The third-order valence-electron chi connectivity index (χ3n) is 1.78. The smallest absolute Gasteiger partial charge is 0.0779 e. The Balaban J connectivity index is 2.20. The predicted molar refractivity (Wildman–Crippen MR) is 29.1 cm³/mol. The van der Waals surface area contributed by atoms with Crippen molar-refractivity contribution < 1.29 is 0 Å². The lowest BCUT2D eigenvalue weighted by atomic mass is 9.44. The molecule has 0 bridgehead atoms. The van der Waals surface area contributed by atoms with Gasteiger partial charge in [-0.15, -0.1) is 0 Å². The zero-order valence-electron chi connectivity index (χ0n) is 4.44. The van der Waals surface area contributed by atoms with Crippen LogP contribution in [0.1, 0.15) is 13.8 Å². The highest BCUT2D eigenvalue weighted by Gasteiger charge is 2.22. The second-order valence-electron chi connectivity index (χ2n) is 2.31. The average molecular weight is 80.9 g/mol. The first-order valence-corrected chi connectivity index (χ1v) is 2.64. The van der Waals surface area contributed by atoms with Crippen LogP contribution in [-0.2, 0) is 0 Å². The molecular formula is C5H10B. The highest BCUT2D eigenvalue weighted by molar-refractivity contribution is 6.41. The summed E-state index contributed by atoms with van der Waals surface area (Å²) in [6.45, 7) is 4.57. The van der Waals surface area contributed by atoms with Gasteiger partial charge in [-0.1, -0.05) is 31.9 Å². The molecule has 1 saturated heterocycles. The van der Waals surface area contributed by atoms with E-state index in [9.17, 15) is 0 Å². The van der Waals surface area contributed by atoms with Gasteiger partial charge >= 0.3 is 0 Å². The van der Waals surface area contributed by atoms with Gasteiger partial charge < -0.3 is 0 Å². The lowest BCUT2D eigenvalue weighted by molar-refractivity contribution is 0.555. The fourth-order valence-corrected chi connectivity index (χ4v) is 0.680. The molecule has 0 saturated carbocycles. The van der Waals surface area contributed by atoms with Crippen LogP contribution in [0.5, 0.6) is 0 Å². The van der Waals surface area contributed by atoms with Gasteiger partial charge in [-0.05, 0) is 0 Å². The maximum Gasteiger partial charge on any atom is 0.113 e. The Morgan fingerprint density at radius 1 is 1.50 bits per heavy atom. The summed E-state index contributed by atoms with van der Waals surface area (Å²) in [7, 11) is 2.37. The first-order chi connectivity index (χ1) is 2.80. The third kappa shape index (κ3) is 0.465. The van der Waals surface area contributed by atoms with Crippen molar-refractivity contribution in [2.45, 2.75) is 26.0 Å². The van der Waals surface area contributed by atoms with Gasteiger partial charge in [-0.3, -0.25) is 0 Å². The molecule has 0 nitrogen and oxygen atoms in total. The van der Waals surface area contributed by atoms with E-state index in [1.165, 1.54) is 6.32 Å². The molecule has 1 radical (unpaired) electrons.